The van der Waals surface area contributed by atoms with Crippen LogP contribution in [0.25, 0.3) is 0 Å². The van der Waals surface area contributed by atoms with E-state index in [4.69, 9.17) is 0 Å². The van der Waals surface area contributed by atoms with E-state index in [0.717, 1.165) is 12.0 Å². The largest absolute Gasteiger partial charge is 0.315 e. The molecule has 78 valence electrons. The molecule has 2 nitrogen and oxygen atoms in total. The molecular weight excluding hydrogens is 160 g/mol. The van der Waals surface area contributed by atoms with Crippen molar-refractivity contribution in [1.29, 1.82) is 0 Å². The van der Waals surface area contributed by atoms with Crippen molar-refractivity contribution in [2.45, 2.75) is 39.7 Å². The van der Waals surface area contributed by atoms with Crippen molar-refractivity contribution in [2.24, 2.45) is 5.92 Å². The molecular formula is C11H24N2. The van der Waals surface area contributed by atoms with Gasteiger partial charge in [0.15, 0.2) is 0 Å². The Labute approximate surface area is 82.7 Å². The van der Waals surface area contributed by atoms with Gasteiger partial charge in [-0.2, -0.15) is 0 Å². The number of nitrogens with one attached hydrogen (secondary N) is 1. The van der Waals surface area contributed by atoms with Gasteiger partial charge in [-0.15, -0.1) is 0 Å². The molecule has 0 aromatic carbocycles. The molecule has 0 aromatic rings. The van der Waals surface area contributed by atoms with Gasteiger partial charge in [0.25, 0.3) is 0 Å². The third kappa shape index (κ3) is 3.28. The molecule has 1 fully saturated rings. The summed E-state index contributed by atoms with van der Waals surface area (Å²) in [5, 5.41) is 3.53. The summed E-state index contributed by atoms with van der Waals surface area (Å²) in [6.07, 6.45) is 2.59. The quantitative estimate of drug-likeness (QED) is 0.718. The van der Waals surface area contributed by atoms with Gasteiger partial charge < -0.3 is 5.32 Å². The van der Waals surface area contributed by atoms with Crippen molar-refractivity contribution >= 4 is 0 Å². The van der Waals surface area contributed by atoms with Gasteiger partial charge in [-0.1, -0.05) is 20.8 Å². The minimum atomic E-state index is 0.752. The molecule has 0 aromatic heterocycles. The van der Waals surface area contributed by atoms with Crippen LogP contribution in [-0.4, -0.2) is 37.1 Å². The minimum absolute atomic E-state index is 0.752. The summed E-state index contributed by atoms with van der Waals surface area (Å²) in [5.41, 5.74) is 0. The molecule has 2 heteroatoms. The average molecular weight is 184 g/mol. The smallest absolute Gasteiger partial charge is 0.0243 e. The summed E-state index contributed by atoms with van der Waals surface area (Å²) in [6.45, 7) is 11.9. The predicted molar refractivity (Wildman–Crippen MR) is 58.0 cm³/mol. The molecule has 0 saturated carbocycles. The van der Waals surface area contributed by atoms with Gasteiger partial charge in [-0.05, 0) is 38.4 Å². The predicted octanol–water partition coefficient (Wildman–Crippen LogP) is 1.72. The van der Waals surface area contributed by atoms with E-state index < -0.39 is 0 Å². The lowest BCUT2D eigenvalue weighted by molar-refractivity contribution is 0.167. The fraction of sp³-hybridized carbons (Fsp3) is 1.00. The Bertz CT molecular complexity index is 134. The Balaban J connectivity index is 2.50. The topological polar surface area (TPSA) is 15.3 Å². The second-order valence-corrected chi connectivity index (χ2v) is 4.41. The lowest BCUT2D eigenvalue weighted by atomic mass is 10.0. The highest BCUT2D eigenvalue weighted by Gasteiger charge is 2.22. The highest BCUT2D eigenvalue weighted by Crippen LogP contribution is 2.13. The first-order valence-corrected chi connectivity index (χ1v) is 5.70. The molecule has 1 unspecified atom stereocenters. The van der Waals surface area contributed by atoms with Crippen LogP contribution in [0.2, 0.25) is 0 Å². The number of hydrogen-bond donors (Lipinski definition) is 1. The van der Waals surface area contributed by atoms with Crippen molar-refractivity contribution < 1.29 is 0 Å². The lowest BCUT2D eigenvalue weighted by Crippen LogP contribution is -2.43. The molecule has 1 N–H and O–H groups in total. The summed E-state index contributed by atoms with van der Waals surface area (Å²) in [4.78, 5) is 2.66. The minimum Gasteiger partial charge on any atom is -0.315 e. The average Bonchev–Trinajstić information content (AvgIpc) is 2.30. The Morgan fingerprint density at radius 3 is 2.85 bits per heavy atom. The van der Waals surface area contributed by atoms with Gasteiger partial charge in [0.2, 0.25) is 0 Å². The monoisotopic (exact) mass is 184 g/mol. The maximum atomic E-state index is 3.53. The van der Waals surface area contributed by atoms with E-state index in [1.807, 2.05) is 0 Å². The third-order valence-corrected chi connectivity index (χ3v) is 2.90. The summed E-state index contributed by atoms with van der Waals surface area (Å²) < 4.78 is 0. The van der Waals surface area contributed by atoms with E-state index in [0.29, 0.717) is 0 Å². The molecule has 1 rings (SSSR count). The Hall–Kier alpha value is -0.0800. The van der Waals surface area contributed by atoms with E-state index in [-0.39, 0.29) is 0 Å². The van der Waals surface area contributed by atoms with E-state index in [2.05, 4.69) is 31.0 Å². The van der Waals surface area contributed by atoms with Gasteiger partial charge in [-0.25, -0.2) is 0 Å². The molecule has 1 atom stereocenters. The van der Waals surface area contributed by atoms with Crippen LogP contribution in [0.5, 0.6) is 0 Å². The highest BCUT2D eigenvalue weighted by atomic mass is 15.2. The van der Waals surface area contributed by atoms with Crippen LogP contribution >= 0.6 is 0 Å². The lowest BCUT2D eigenvalue weighted by Gasteiger charge is -2.32. The maximum absolute atomic E-state index is 3.53. The molecule has 0 bridgehead atoms. The van der Waals surface area contributed by atoms with Crippen molar-refractivity contribution in [3.63, 3.8) is 0 Å². The summed E-state index contributed by atoms with van der Waals surface area (Å²) in [7, 11) is 0. The number of nitrogens with zero attached hydrogens (tertiary/aromatic N) is 1. The zero-order valence-corrected chi connectivity index (χ0v) is 9.34. The molecule has 13 heavy (non-hydrogen) atoms. The van der Waals surface area contributed by atoms with Crippen LogP contribution in [-0.2, 0) is 0 Å². The molecule has 1 heterocycles. The van der Waals surface area contributed by atoms with Crippen molar-refractivity contribution in [3.05, 3.63) is 0 Å². The summed E-state index contributed by atoms with van der Waals surface area (Å²) in [5.74, 6) is 0.775. The van der Waals surface area contributed by atoms with Crippen LogP contribution < -0.4 is 5.32 Å². The summed E-state index contributed by atoms with van der Waals surface area (Å²) >= 11 is 0. The zero-order valence-electron chi connectivity index (χ0n) is 9.34. The Morgan fingerprint density at radius 2 is 2.23 bits per heavy atom. The molecule has 0 spiro atoms. The molecule has 0 aliphatic carbocycles. The maximum Gasteiger partial charge on any atom is 0.0243 e. The molecule has 1 aliphatic heterocycles. The normalized spacial score (nSPS) is 26.3. The first-order chi connectivity index (χ1) is 6.25. The second kappa shape index (κ2) is 5.61. The Morgan fingerprint density at radius 1 is 1.46 bits per heavy atom. The fourth-order valence-electron chi connectivity index (χ4n) is 2.17. The van der Waals surface area contributed by atoms with E-state index in [1.54, 1.807) is 0 Å². The molecule has 0 amide bonds. The van der Waals surface area contributed by atoms with Gasteiger partial charge in [0.05, 0.1) is 0 Å². The molecule has 1 aliphatic rings. The highest BCUT2D eigenvalue weighted by molar-refractivity contribution is 4.79. The number of hydrogen-bond acceptors (Lipinski definition) is 2. The van der Waals surface area contributed by atoms with Crippen LogP contribution in [0, 0.1) is 5.92 Å². The van der Waals surface area contributed by atoms with Gasteiger partial charge >= 0.3 is 0 Å². The first-order valence-electron chi connectivity index (χ1n) is 5.70. The SMILES string of the molecule is CCCN1CCCNCC1C(C)C. The van der Waals surface area contributed by atoms with Crippen molar-refractivity contribution in [1.82, 2.24) is 10.2 Å². The first kappa shape index (κ1) is 11.0. The fourth-order valence-corrected chi connectivity index (χ4v) is 2.17. The van der Waals surface area contributed by atoms with Gasteiger partial charge in [-0.3, -0.25) is 4.90 Å². The number of rotatable bonds is 3. The Kier molecular flexibility index (Phi) is 4.74. The van der Waals surface area contributed by atoms with Gasteiger partial charge in [0, 0.05) is 12.6 Å². The van der Waals surface area contributed by atoms with Crippen LogP contribution in [0.1, 0.15) is 33.6 Å². The van der Waals surface area contributed by atoms with Crippen LogP contribution in [0.3, 0.4) is 0 Å². The zero-order chi connectivity index (χ0) is 9.68. The standard InChI is InChI=1S/C11H24N2/c1-4-7-13-8-5-6-12-9-11(13)10(2)3/h10-12H,4-9H2,1-3H3. The van der Waals surface area contributed by atoms with E-state index in [1.165, 1.54) is 39.0 Å². The van der Waals surface area contributed by atoms with Crippen molar-refractivity contribution in [3.8, 4) is 0 Å². The van der Waals surface area contributed by atoms with Crippen LogP contribution in [0.4, 0.5) is 0 Å². The van der Waals surface area contributed by atoms with E-state index >= 15 is 0 Å². The third-order valence-electron chi connectivity index (χ3n) is 2.90. The van der Waals surface area contributed by atoms with E-state index in [9.17, 15) is 0 Å². The molecule has 1 saturated heterocycles. The molecule has 0 radical (unpaired) electrons. The summed E-state index contributed by atoms with van der Waals surface area (Å²) in [6, 6.07) is 0.752. The van der Waals surface area contributed by atoms with Crippen LogP contribution in [0.15, 0.2) is 0 Å². The van der Waals surface area contributed by atoms with Gasteiger partial charge in [0.1, 0.15) is 0 Å². The second-order valence-electron chi connectivity index (χ2n) is 4.41. The van der Waals surface area contributed by atoms with Crippen molar-refractivity contribution in [2.75, 3.05) is 26.2 Å².